The molecule has 0 bridgehead atoms. The van der Waals surface area contributed by atoms with Gasteiger partial charge in [0.1, 0.15) is 0 Å². The van der Waals surface area contributed by atoms with Crippen molar-refractivity contribution in [3.05, 3.63) is 47.6 Å². The van der Waals surface area contributed by atoms with E-state index in [0.717, 1.165) is 17.0 Å². The van der Waals surface area contributed by atoms with E-state index in [2.05, 4.69) is 10.3 Å². The van der Waals surface area contributed by atoms with Crippen LogP contribution in [0.2, 0.25) is 0 Å². The third-order valence-electron chi connectivity index (χ3n) is 2.14. The molecule has 0 atom stereocenters. The molecule has 0 aliphatic carbocycles. The number of rotatable bonds is 3. The molecule has 2 rings (SSSR count). The molecule has 90 valence electrons. The highest BCUT2D eigenvalue weighted by molar-refractivity contribution is 5.78. The van der Waals surface area contributed by atoms with Crippen LogP contribution in [0.25, 0.3) is 0 Å². The lowest BCUT2D eigenvalue weighted by atomic mass is 10.3. The van der Waals surface area contributed by atoms with Crippen molar-refractivity contribution in [1.29, 1.82) is 0 Å². The van der Waals surface area contributed by atoms with Gasteiger partial charge in [-0.3, -0.25) is 0 Å². The van der Waals surface area contributed by atoms with Crippen LogP contribution in [0.5, 0.6) is 0 Å². The fraction of sp³-hybridized carbons (Fsp3) is 0.182. The first kappa shape index (κ1) is 13.4. The predicted octanol–water partition coefficient (Wildman–Crippen LogP) is -1.87. The average molecular weight is 298 g/mol. The lowest BCUT2D eigenvalue weighted by Crippen LogP contribution is -3.00. The molecule has 0 saturated heterocycles. The number of aryl methyl sites for hydroxylation is 1. The summed E-state index contributed by atoms with van der Waals surface area (Å²) in [6, 6.07) is 5.60. The molecule has 0 saturated carbocycles. The highest BCUT2D eigenvalue weighted by Crippen LogP contribution is 2.01. The SMILES string of the molecule is Cc1cc(C[n+]2ccc(/C=N/O)cc2)on1.[Br-]. The molecule has 0 radical (unpaired) electrons. The van der Waals surface area contributed by atoms with E-state index in [1.165, 1.54) is 6.21 Å². The minimum absolute atomic E-state index is 0. The Hall–Kier alpha value is -1.69. The van der Waals surface area contributed by atoms with Gasteiger partial charge in [0, 0.05) is 23.8 Å². The van der Waals surface area contributed by atoms with Crippen LogP contribution < -0.4 is 21.5 Å². The number of nitrogens with zero attached hydrogens (tertiary/aromatic N) is 3. The van der Waals surface area contributed by atoms with Crippen LogP contribution in [0, 0.1) is 6.92 Å². The van der Waals surface area contributed by atoms with E-state index in [4.69, 9.17) is 9.73 Å². The Balaban J connectivity index is 0.00000144. The molecule has 6 heteroatoms. The molecule has 2 heterocycles. The van der Waals surface area contributed by atoms with Crippen molar-refractivity contribution in [2.75, 3.05) is 0 Å². The molecule has 0 aromatic carbocycles. The number of hydrogen-bond donors (Lipinski definition) is 1. The first-order chi connectivity index (χ1) is 7.78. The maximum absolute atomic E-state index is 8.37. The zero-order valence-electron chi connectivity index (χ0n) is 9.25. The van der Waals surface area contributed by atoms with Gasteiger partial charge in [0.15, 0.2) is 12.4 Å². The van der Waals surface area contributed by atoms with E-state index in [9.17, 15) is 0 Å². The number of pyridine rings is 1. The zero-order valence-corrected chi connectivity index (χ0v) is 10.8. The van der Waals surface area contributed by atoms with Gasteiger partial charge in [-0.2, -0.15) is 4.57 Å². The zero-order chi connectivity index (χ0) is 11.4. The van der Waals surface area contributed by atoms with Gasteiger partial charge in [-0.25, -0.2) is 0 Å². The summed E-state index contributed by atoms with van der Waals surface area (Å²) in [5, 5.41) is 15.1. The van der Waals surface area contributed by atoms with Gasteiger partial charge < -0.3 is 26.7 Å². The Morgan fingerprint density at radius 1 is 1.47 bits per heavy atom. The van der Waals surface area contributed by atoms with Crippen LogP contribution in [-0.2, 0) is 6.54 Å². The standard InChI is InChI=1S/C11H11N3O2.BrH/c1-9-6-11(16-13-9)8-14-4-2-10(3-5-14)7-12-15;/h2-7H,8H2,1H3;1H. The highest BCUT2D eigenvalue weighted by atomic mass is 79.9. The first-order valence-electron chi connectivity index (χ1n) is 4.86. The largest absolute Gasteiger partial charge is 1.00 e. The van der Waals surface area contributed by atoms with Crippen molar-refractivity contribution in [3.63, 3.8) is 0 Å². The summed E-state index contributed by atoms with van der Waals surface area (Å²) >= 11 is 0. The van der Waals surface area contributed by atoms with Gasteiger partial charge in [-0.15, -0.1) is 0 Å². The Labute approximate surface area is 109 Å². The van der Waals surface area contributed by atoms with Gasteiger partial charge in [0.05, 0.1) is 11.9 Å². The highest BCUT2D eigenvalue weighted by Gasteiger charge is 2.07. The summed E-state index contributed by atoms with van der Waals surface area (Å²) in [7, 11) is 0. The number of oxime groups is 1. The molecule has 17 heavy (non-hydrogen) atoms. The lowest BCUT2D eigenvalue weighted by Gasteiger charge is -1.93. The van der Waals surface area contributed by atoms with E-state index in [0.29, 0.717) is 6.54 Å². The summed E-state index contributed by atoms with van der Waals surface area (Å²) in [6.45, 7) is 2.52. The van der Waals surface area contributed by atoms with Crippen LogP contribution in [0.1, 0.15) is 17.0 Å². The molecule has 0 fully saturated rings. The van der Waals surface area contributed by atoms with Crippen molar-refractivity contribution in [3.8, 4) is 0 Å². The fourth-order valence-corrected chi connectivity index (χ4v) is 1.40. The van der Waals surface area contributed by atoms with Crippen molar-refractivity contribution >= 4 is 6.21 Å². The molecule has 0 amide bonds. The molecule has 2 aromatic rings. The van der Waals surface area contributed by atoms with Crippen LogP contribution in [0.4, 0.5) is 0 Å². The monoisotopic (exact) mass is 297 g/mol. The average Bonchev–Trinajstić information content (AvgIpc) is 2.67. The van der Waals surface area contributed by atoms with Crippen molar-refractivity contribution in [2.24, 2.45) is 5.16 Å². The van der Waals surface area contributed by atoms with Crippen LogP contribution >= 0.6 is 0 Å². The Kier molecular flexibility index (Phi) is 4.84. The van der Waals surface area contributed by atoms with E-state index < -0.39 is 0 Å². The summed E-state index contributed by atoms with van der Waals surface area (Å²) in [6.07, 6.45) is 5.15. The van der Waals surface area contributed by atoms with Crippen molar-refractivity contribution < 1.29 is 31.3 Å². The lowest BCUT2D eigenvalue weighted by molar-refractivity contribution is -0.690. The van der Waals surface area contributed by atoms with Gasteiger partial charge >= 0.3 is 0 Å². The summed E-state index contributed by atoms with van der Waals surface area (Å²) in [5.74, 6) is 0.811. The maximum atomic E-state index is 8.37. The maximum Gasteiger partial charge on any atom is 0.208 e. The quantitative estimate of drug-likeness (QED) is 0.313. The number of aromatic nitrogens is 2. The molecule has 0 aliphatic rings. The summed E-state index contributed by atoms with van der Waals surface area (Å²) < 4.78 is 7.06. The number of halogens is 1. The molecular formula is C11H12BrN3O2. The van der Waals surface area contributed by atoms with E-state index >= 15 is 0 Å². The Morgan fingerprint density at radius 3 is 2.71 bits per heavy atom. The van der Waals surface area contributed by atoms with E-state index in [1.54, 1.807) is 0 Å². The Morgan fingerprint density at radius 2 is 2.18 bits per heavy atom. The van der Waals surface area contributed by atoms with Gasteiger partial charge in [0.25, 0.3) is 0 Å². The first-order valence-corrected chi connectivity index (χ1v) is 4.86. The van der Waals surface area contributed by atoms with E-state index in [-0.39, 0.29) is 17.0 Å². The topological polar surface area (TPSA) is 62.5 Å². The third kappa shape index (κ3) is 3.67. The minimum Gasteiger partial charge on any atom is -1.00 e. The van der Waals surface area contributed by atoms with Gasteiger partial charge in [-0.1, -0.05) is 10.3 Å². The smallest absolute Gasteiger partial charge is 0.208 e. The second kappa shape index (κ2) is 6.15. The molecule has 1 N–H and O–H groups in total. The van der Waals surface area contributed by atoms with Gasteiger partial charge in [-0.05, 0) is 6.92 Å². The van der Waals surface area contributed by atoms with Crippen molar-refractivity contribution in [1.82, 2.24) is 5.16 Å². The third-order valence-corrected chi connectivity index (χ3v) is 2.14. The summed E-state index contributed by atoms with van der Waals surface area (Å²) in [5.41, 5.74) is 1.71. The predicted molar refractivity (Wildman–Crippen MR) is 56.4 cm³/mol. The molecule has 2 aromatic heterocycles. The molecule has 0 spiro atoms. The van der Waals surface area contributed by atoms with Crippen LogP contribution in [0.15, 0.2) is 40.3 Å². The summed E-state index contributed by atoms with van der Waals surface area (Å²) in [4.78, 5) is 0. The van der Waals surface area contributed by atoms with Crippen LogP contribution in [0.3, 0.4) is 0 Å². The Bertz CT molecular complexity index is 494. The molecule has 5 nitrogen and oxygen atoms in total. The van der Waals surface area contributed by atoms with E-state index in [1.807, 2.05) is 42.1 Å². The van der Waals surface area contributed by atoms with Gasteiger partial charge in [0.2, 0.25) is 12.3 Å². The minimum atomic E-state index is 0. The molecular weight excluding hydrogens is 286 g/mol. The molecule has 0 unspecified atom stereocenters. The fourth-order valence-electron chi connectivity index (χ4n) is 1.40. The normalized spacial score (nSPS) is 10.4. The number of hydrogen-bond acceptors (Lipinski definition) is 4. The molecule has 0 aliphatic heterocycles. The van der Waals surface area contributed by atoms with Crippen molar-refractivity contribution in [2.45, 2.75) is 13.5 Å². The second-order valence-corrected chi connectivity index (χ2v) is 3.48. The van der Waals surface area contributed by atoms with Crippen LogP contribution in [-0.4, -0.2) is 16.6 Å². The second-order valence-electron chi connectivity index (χ2n) is 3.48.